The summed E-state index contributed by atoms with van der Waals surface area (Å²) in [6.07, 6.45) is 11.0. The molecule has 4 N–H and O–H groups in total. The second-order valence-electron chi connectivity index (χ2n) is 12.3. The molecule has 8 heteroatoms. The molecule has 5 aliphatic rings. The van der Waals surface area contributed by atoms with Crippen molar-refractivity contribution in [1.29, 1.82) is 0 Å². The fraction of sp³-hybridized carbons (Fsp3) is 0.424. The average molecular weight is 547 g/mol. The highest BCUT2D eigenvalue weighted by atomic mass is 15.4. The third kappa shape index (κ3) is 4.64. The van der Waals surface area contributed by atoms with Crippen molar-refractivity contribution in [2.24, 2.45) is 0 Å². The predicted molar refractivity (Wildman–Crippen MR) is 164 cm³/mol. The van der Waals surface area contributed by atoms with E-state index in [0.29, 0.717) is 23.9 Å². The first-order valence-electron chi connectivity index (χ1n) is 15.4. The largest absolute Gasteiger partial charge is 0.370 e. The lowest BCUT2D eigenvalue weighted by molar-refractivity contribution is 0.291. The van der Waals surface area contributed by atoms with Crippen molar-refractivity contribution >= 4 is 23.3 Å². The number of rotatable bonds is 6. The summed E-state index contributed by atoms with van der Waals surface area (Å²) in [4.78, 5) is 12.2. The molecule has 41 heavy (non-hydrogen) atoms. The van der Waals surface area contributed by atoms with E-state index in [1.165, 1.54) is 65.7 Å². The molecule has 1 saturated heterocycles. The molecule has 1 atom stereocenters. The van der Waals surface area contributed by atoms with Crippen LogP contribution in [0.1, 0.15) is 67.7 Å². The number of nitrogen functional groups attached to an aromatic ring is 1. The molecule has 2 aromatic carbocycles. The number of aromatic nitrogens is 4. The average Bonchev–Trinajstić information content (AvgIpc) is 3.23. The van der Waals surface area contributed by atoms with Gasteiger partial charge < -0.3 is 21.3 Å². The zero-order valence-corrected chi connectivity index (χ0v) is 23.5. The van der Waals surface area contributed by atoms with Gasteiger partial charge >= 0.3 is 0 Å². The lowest BCUT2D eigenvalue weighted by Gasteiger charge is -2.42. The van der Waals surface area contributed by atoms with Crippen LogP contribution in [0, 0.1) is 0 Å². The number of nitrogens with two attached hydrogens (primary N) is 1. The fourth-order valence-electron chi connectivity index (χ4n) is 7.22. The standard InChI is InChI=1S/C33H38N8/c34-32-38-33(36-27-14-10-21-9-12-26(13-11-24(21)19-27)35-25-7-4-8-25)39-41(32)29-20-28(22-5-2-1-3-6-22)31-30(37-29)23-15-17-40(31)18-16-23/h1-3,5-6,10,14,19-20,23,25-26,35H,4,7-9,11-13,15-18H2,(H3,34,36,38,39)/t26-/m0/s1. The van der Waals surface area contributed by atoms with Gasteiger partial charge in [-0.15, -0.1) is 5.10 Å². The third-order valence-electron chi connectivity index (χ3n) is 9.70. The summed E-state index contributed by atoms with van der Waals surface area (Å²) in [7, 11) is 0. The summed E-state index contributed by atoms with van der Waals surface area (Å²) in [5.41, 5.74) is 15.2. The fourth-order valence-corrected chi connectivity index (χ4v) is 7.22. The number of hydrogen-bond acceptors (Lipinski definition) is 7. The van der Waals surface area contributed by atoms with E-state index in [0.717, 1.165) is 56.3 Å². The molecule has 0 spiro atoms. The Kier molecular flexibility index (Phi) is 6.17. The molecule has 2 aliphatic carbocycles. The summed E-state index contributed by atoms with van der Waals surface area (Å²) >= 11 is 0. The van der Waals surface area contributed by atoms with E-state index in [1.807, 2.05) is 0 Å². The minimum atomic E-state index is 0.333. The van der Waals surface area contributed by atoms with Crippen LogP contribution in [-0.2, 0) is 12.8 Å². The highest BCUT2D eigenvalue weighted by Crippen LogP contribution is 2.46. The van der Waals surface area contributed by atoms with Gasteiger partial charge in [0.1, 0.15) is 0 Å². The molecule has 8 nitrogen and oxygen atoms in total. The van der Waals surface area contributed by atoms with E-state index < -0.39 is 0 Å². The van der Waals surface area contributed by atoms with Crippen LogP contribution in [0.2, 0.25) is 0 Å². The molecule has 2 fully saturated rings. The van der Waals surface area contributed by atoms with Crippen LogP contribution in [0.5, 0.6) is 0 Å². The molecule has 9 rings (SSSR count). The number of piperidine rings is 1. The lowest BCUT2D eigenvalue weighted by Crippen LogP contribution is -2.42. The Hall–Kier alpha value is -3.91. The van der Waals surface area contributed by atoms with Gasteiger partial charge in [0.15, 0.2) is 5.82 Å². The molecule has 4 aromatic rings. The zero-order valence-electron chi connectivity index (χ0n) is 23.5. The van der Waals surface area contributed by atoms with Crippen molar-refractivity contribution in [3.63, 3.8) is 0 Å². The van der Waals surface area contributed by atoms with Gasteiger partial charge in [0.2, 0.25) is 11.9 Å². The second kappa shape index (κ2) is 10.2. The summed E-state index contributed by atoms with van der Waals surface area (Å²) in [6, 6.07) is 20.8. The Bertz CT molecular complexity index is 1570. The summed E-state index contributed by atoms with van der Waals surface area (Å²) < 4.78 is 1.69. The Morgan fingerprint density at radius 2 is 1.59 bits per heavy atom. The molecule has 5 heterocycles. The lowest BCUT2D eigenvalue weighted by atomic mass is 9.84. The number of nitrogens with zero attached hydrogens (tertiary/aromatic N) is 5. The zero-order chi connectivity index (χ0) is 27.3. The van der Waals surface area contributed by atoms with Gasteiger partial charge in [-0.1, -0.05) is 42.8 Å². The van der Waals surface area contributed by atoms with Crippen LogP contribution in [-0.4, -0.2) is 44.9 Å². The smallest absolute Gasteiger partial charge is 0.248 e. The van der Waals surface area contributed by atoms with E-state index >= 15 is 0 Å². The molecule has 2 aromatic heterocycles. The van der Waals surface area contributed by atoms with Gasteiger partial charge in [-0.25, -0.2) is 4.98 Å². The second-order valence-corrected chi connectivity index (χ2v) is 12.3. The number of aryl methyl sites for hydroxylation is 2. The first-order valence-corrected chi connectivity index (χ1v) is 15.4. The predicted octanol–water partition coefficient (Wildman–Crippen LogP) is 5.74. The van der Waals surface area contributed by atoms with Crippen molar-refractivity contribution in [2.45, 2.75) is 75.8 Å². The van der Waals surface area contributed by atoms with E-state index in [1.54, 1.807) is 4.68 Å². The van der Waals surface area contributed by atoms with Crippen LogP contribution >= 0.6 is 0 Å². The Morgan fingerprint density at radius 1 is 0.805 bits per heavy atom. The molecule has 0 unspecified atom stereocenters. The van der Waals surface area contributed by atoms with Gasteiger partial charge in [0, 0.05) is 42.3 Å². The monoisotopic (exact) mass is 546 g/mol. The van der Waals surface area contributed by atoms with E-state index in [-0.39, 0.29) is 0 Å². The highest BCUT2D eigenvalue weighted by Gasteiger charge is 2.35. The van der Waals surface area contributed by atoms with E-state index in [2.05, 4.69) is 75.1 Å². The van der Waals surface area contributed by atoms with Crippen molar-refractivity contribution in [1.82, 2.24) is 25.1 Å². The topological polar surface area (TPSA) is 96.9 Å². The third-order valence-corrected chi connectivity index (χ3v) is 9.70. The summed E-state index contributed by atoms with van der Waals surface area (Å²) in [5.74, 6) is 2.02. The molecule has 3 aliphatic heterocycles. The Balaban J connectivity index is 1.07. The molecule has 1 saturated carbocycles. The highest BCUT2D eigenvalue weighted by molar-refractivity contribution is 5.83. The van der Waals surface area contributed by atoms with Crippen LogP contribution in [0.3, 0.4) is 0 Å². The maximum absolute atomic E-state index is 6.46. The molecule has 210 valence electrons. The van der Waals surface area contributed by atoms with Crippen LogP contribution in [0.15, 0.2) is 54.6 Å². The Morgan fingerprint density at radius 3 is 2.37 bits per heavy atom. The van der Waals surface area contributed by atoms with Crippen molar-refractivity contribution in [3.05, 3.63) is 71.4 Å². The molecular weight excluding hydrogens is 508 g/mol. The van der Waals surface area contributed by atoms with Crippen LogP contribution in [0.25, 0.3) is 16.9 Å². The number of fused-ring (bicyclic) bond motifs is 3. The number of anilines is 4. The summed E-state index contributed by atoms with van der Waals surface area (Å²) in [5, 5.41) is 12.1. The number of nitrogens with one attached hydrogen (secondary N) is 2. The van der Waals surface area contributed by atoms with Crippen LogP contribution in [0.4, 0.5) is 23.3 Å². The van der Waals surface area contributed by atoms with Gasteiger partial charge in [-0.3, -0.25) is 0 Å². The molecule has 0 radical (unpaired) electrons. The van der Waals surface area contributed by atoms with Gasteiger partial charge in [0.05, 0.1) is 11.4 Å². The Labute approximate surface area is 241 Å². The van der Waals surface area contributed by atoms with Gasteiger partial charge in [-0.2, -0.15) is 9.67 Å². The first kappa shape index (κ1) is 24.9. The SMILES string of the molecule is Nc1nc(Nc2ccc3c(c2)CC[C@@H](NC2CCC2)CC3)nn1-c1cc(-c2ccccc2)c2c(n1)C1CCN2CC1. The quantitative estimate of drug-likeness (QED) is 0.265. The molecule has 2 bridgehead atoms. The molecular formula is C33H38N8. The first-order chi connectivity index (χ1) is 20.2. The van der Waals surface area contributed by atoms with Crippen molar-refractivity contribution in [3.8, 4) is 16.9 Å². The maximum Gasteiger partial charge on any atom is 0.248 e. The number of pyridine rings is 1. The number of benzene rings is 2. The van der Waals surface area contributed by atoms with E-state index in [4.69, 9.17) is 15.8 Å². The van der Waals surface area contributed by atoms with Crippen LogP contribution < -0.4 is 21.3 Å². The van der Waals surface area contributed by atoms with Gasteiger partial charge in [-0.05, 0) is 86.3 Å². The van der Waals surface area contributed by atoms with Crippen molar-refractivity contribution in [2.75, 3.05) is 29.0 Å². The van der Waals surface area contributed by atoms with Gasteiger partial charge in [0.25, 0.3) is 0 Å². The van der Waals surface area contributed by atoms with E-state index in [9.17, 15) is 0 Å². The molecule has 0 amide bonds. The van der Waals surface area contributed by atoms with Crippen molar-refractivity contribution < 1.29 is 0 Å². The normalized spacial score (nSPS) is 20.3. The minimum Gasteiger partial charge on any atom is -0.370 e. The maximum atomic E-state index is 6.46. The number of hydrogen-bond donors (Lipinski definition) is 3. The summed E-state index contributed by atoms with van der Waals surface area (Å²) in [6.45, 7) is 2.19. The minimum absolute atomic E-state index is 0.333.